The van der Waals surface area contributed by atoms with Crippen LogP contribution in [0.3, 0.4) is 0 Å². The Labute approximate surface area is 106 Å². The Kier molecular flexibility index (Phi) is 3.94. The topological polar surface area (TPSA) is 37.8 Å². The van der Waals surface area contributed by atoms with Crippen molar-refractivity contribution in [1.29, 1.82) is 0 Å². The highest BCUT2D eigenvalue weighted by Gasteiger charge is 2.08. The van der Waals surface area contributed by atoms with E-state index in [2.05, 4.69) is 47.5 Å². The van der Waals surface area contributed by atoms with E-state index in [1.165, 1.54) is 0 Å². The molecule has 2 heterocycles. The quantitative estimate of drug-likeness (QED) is 0.877. The minimum Gasteiger partial charge on any atom is -0.370 e. The second-order valence-corrected chi connectivity index (χ2v) is 5.49. The predicted octanol–water partition coefficient (Wildman–Crippen LogP) is 3.71. The van der Waals surface area contributed by atoms with Crippen LogP contribution in [0.1, 0.15) is 33.0 Å². The Hall–Kier alpha value is -1.16. The molecular formula is C13H19N3S. The standard InChI is InChI=1S/C13H19N3S/c1-4-14-12-10-7-8-17-13(10)16-11(15-12)6-5-9(2)3/h7-9H,4-6H2,1-3H3,(H,14,15,16). The van der Waals surface area contributed by atoms with Crippen LogP contribution in [0.5, 0.6) is 0 Å². The van der Waals surface area contributed by atoms with Crippen molar-refractivity contribution in [3.05, 3.63) is 17.3 Å². The number of fused-ring (bicyclic) bond motifs is 1. The van der Waals surface area contributed by atoms with Crippen molar-refractivity contribution in [2.45, 2.75) is 33.6 Å². The average molecular weight is 249 g/mol. The summed E-state index contributed by atoms with van der Waals surface area (Å²) in [5, 5.41) is 6.54. The van der Waals surface area contributed by atoms with Crippen molar-refractivity contribution in [2.75, 3.05) is 11.9 Å². The van der Waals surface area contributed by atoms with E-state index in [0.29, 0.717) is 5.92 Å². The number of nitrogens with one attached hydrogen (secondary N) is 1. The molecule has 3 nitrogen and oxygen atoms in total. The molecule has 92 valence electrons. The predicted molar refractivity (Wildman–Crippen MR) is 74.7 cm³/mol. The van der Waals surface area contributed by atoms with Crippen LogP contribution in [0.15, 0.2) is 11.4 Å². The first-order valence-electron chi connectivity index (χ1n) is 6.18. The SMILES string of the molecule is CCNc1nc(CCC(C)C)nc2sccc12. The zero-order valence-electron chi connectivity index (χ0n) is 10.7. The van der Waals surface area contributed by atoms with Gasteiger partial charge in [0.05, 0.1) is 5.39 Å². The van der Waals surface area contributed by atoms with E-state index in [1.54, 1.807) is 11.3 Å². The van der Waals surface area contributed by atoms with Crippen molar-refractivity contribution in [3.63, 3.8) is 0 Å². The monoisotopic (exact) mass is 249 g/mol. The van der Waals surface area contributed by atoms with Crippen molar-refractivity contribution in [2.24, 2.45) is 5.92 Å². The maximum absolute atomic E-state index is 4.62. The van der Waals surface area contributed by atoms with Crippen molar-refractivity contribution in [3.8, 4) is 0 Å². The molecule has 0 amide bonds. The van der Waals surface area contributed by atoms with Gasteiger partial charge >= 0.3 is 0 Å². The first-order valence-corrected chi connectivity index (χ1v) is 7.06. The van der Waals surface area contributed by atoms with Crippen LogP contribution in [-0.2, 0) is 6.42 Å². The molecular weight excluding hydrogens is 230 g/mol. The second kappa shape index (κ2) is 5.45. The van der Waals surface area contributed by atoms with Crippen LogP contribution in [0, 0.1) is 5.92 Å². The molecule has 0 fully saturated rings. The third-order valence-corrected chi connectivity index (χ3v) is 3.47. The molecule has 0 radical (unpaired) electrons. The lowest BCUT2D eigenvalue weighted by Crippen LogP contribution is -2.04. The lowest BCUT2D eigenvalue weighted by Gasteiger charge is -2.08. The van der Waals surface area contributed by atoms with Gasteiger partial charge in [0.2, 0.25) is 0 Å². The first kappa shape index (κ1) is 12.3. The molecule has 0 unspecified atom stereocenters. The van der Waals surface area contributed by atoms with Crippen LogP contribution in [0.4, 0.5) is 5.82 Å². The Bertz CT molecular complexity index is 490. The summed E-state index contributed by atoms with van der Waals surface area (Å²) in [5.74, 6) is 2.64. The molecule has 2 aromatic rings. The number of aromatic nitrogens is 2. The fourth-order valence-electron chi connectivity index (χ4n) is 1.73. The summed E-state index contributed by atoms with van der Waals surface area (Å²) < 4.78 is 0. The number of rotatable bonds is 5. The number of aryl methyl sites for hydroxylation is 1. The smallest absolute Gasteiger partial charge is 0.138 e. The maximum atomic E-state index is 4.62. The highest BCUT2D eigenvalue weighted by molar-refractivity contribution is 7.16. The molecule has 0 aliphatic rings. The summed E-state index contributed by atoms with van der Waals surface area (Å²) in [7, 11) is 0. The van der Waals surface area contributed by atoms with Crippen molar-refractivity contribution < 1.29 is 0 Å². The normalized spacial score (nSPS) is 11.3. The van der Waals surface area contributed by atoms with Gasteiger partial charge in [0.25, 0.3) is 0 Å². The van der Waals surface area contributed by atoms with Crippen LogP contribution >= 0.6 is 11.3 Å². The Balaban J connectivity index is 2.30. The first-order chi connectivity index (χ1) is 8.20. The minimum absolute atomic E-state index is 0.695. The van der Waals surface area contributed by atoms with Gasteiger partial charge in [-0.1, -0.05) is 13.8 Å². The summed E-state index contributed by atoms with van der Waals surface area (Å²) in [6.45, 7) is 7.45. The van der Waals surface area contributed by atoms with E-state index in [1.807, 2.05) is 0 Å². The van der Waals surface area contributed by atoms with E-state index in [9.17, 15) is 0 Å². The summed E-state index contributed by atoms with van der Waals surface area (Å²) in [4.78, 5) is 10.3. The van der Waals surface area contributed by atoms with Gasteiger partial charge in [-0.2, -0.15) is 0 Å². The molecule has 17 heavy (non-hydrogen) atoms. The number of anilines is 1. The number of nitrogens with zero attached hydrogens (tertiary/aromatic N) is 2. The number of hydrogen-bond acceptors (Lipinski definition) is 4. The van der Waals surface area contributed by atoms with Gasteiger partial charge in [0.15, 0.2) is 0 Å². The van der Waals surface area contributed by atoms with E-state index in [4.69, 9.17) is 0 Å². The van der Waals surface area contributed by atoms with Crippen LogP contribution < -0.4 is 5.32 Å². The van der Waals surface area contributed by atoms with Crippen LogP contribution in [0.2, 0.25) is 0 Å². The molecule has 0 spiro atoms. The molecule has 0 saturated carbocycles. The lowest BCUT2D eigenvalue weighted by molar-refractivity contribution is 0.576. The van der Waals surface area contributed by atoms with Crippen molar-refractivity contribution in [1.82, 2.24) is 9.97 Å². The maximum Gasteiger partial charge on any atom is 0.138 e. The molecule has 4 heteroatoms. The number of thiophene rings is 1. The third kappa shape index (κ3) is 2.94. The van der Waals surface area contributed by atoms with Crippen LogP contribution in [0.25, 0.3) is 10.2 Å². The molecule has 0 aliphatic carbocycles. The molecule has 2 rings (SSSR count). The number of hydrogen-bond donors (Lipinski definition) is 1. The van der Waals surface area contributed by atoms with Gasteiger partial charge in [0, 0.05) is 13.0 Å². The Morgan fingerprint density at radius 1 is 1.35 bits per heavy atom. The zero-order chi connectivity index (χ0) is 12.3. The summed E-state index contributed by atoms with van der Waals surface area (Å²) >= 11 is 1.68. The molecule has 0 aliphatic heterocycles. The molecule has 0 atom stereocenters. The molecule has 0 aromatic carbocycles. The average Bonchev–Trinajstić information content (AvgIpc) is 2.75. The van der Waals surface area contributed by atoms with E-state index < -0.39 is 0 Å². The van der Waals surface area contributed by atoms with Gasteiger partial charge in [-0.3, -0.25) is 0 Å². The summed E-state index contributed by atoms with van der Waals surface area (Å²) in [6.07, 6.45) is 2.10. The van der Waals surface area contributed by atoms with Gasteiger partial charge in [-0.15, -0.1) is 11.3 Å². The molecule has 1 N–H and O–H groups in total. The van der Waals surface area contributed by atoms with Gasteiger partial charge in [-0.05, 0) is 30.7 Å². The fourth-order valence-corrected chi connectivity index (χ4v) is 2.51. The highest BCUT2D eigenvalue weighted by atomic mass is 32.1. The van der Waals surface area contributed by atoms with Gasteiger partial charge in [0.1, 0.15) is 16.5 Å². The van der Waals surface area contributed by atoms with Crippen molar-refractivity contribution >= 4 is 27.4 Å². The lowest BCUT2D eigenvalue weighted by atomic mass is 10.1. The van der Waals surface area contributed by atoms with E-state index in [-0.39, 0.29) is 0 Å². The molecule has 0 saturated heterocycles. The molecule has 2 aromatic heterocycles. The largest absolute Gasteiger partial charge is 0.370 e. The van der Waals surface area contributed by atoms with E-state index in [0.717, 1.165) is 41.2 Å². The zero-order valence-corrected chi connectivity index (χ0v) is 11.5. The third-order valence-electron chi connectivity index (χ3n) is 2.66. The Morgan fingerprint density at radius 2 is 2.18 bits per heavy atom. The van der Waals surface area contributed by atoms with Gasteiger partial charge in [-0.25, -0.2) is 9.97 Å². The minimum atomic E-state index is 0.695. The summed E-state index contributed by atoms with van der Waals surface area (Å²) in [5.41, 5.74) is 0. The van der Waals surface area contributed by atoms with Gasteiger partial charge < -0.3 is 5.32 Å². The highest BCUT2D eigenvalue weighted by Crippen LogP contribution is 2.25. The van der Waals surface area contributed by atoms with Crippen LogP contribution in [-0.4, -0.2) is 16.5 Å². The fraction of sp³-hybridized carbons (Fsp3) is 0.538. The second-order valence-electron chi connectivity index (χ2n) is 4.59. The molecule has 0 bridgehead atoms. The van der Waals surface area contributed by atoms with E-state index >= 15 is 0 Å². The Morgan fingerprint density at radius 3 is 2.88 bits per heavy atom. The summed E-state index contributed by atoms with van der Waals surface area (Å²) in [6, 6.07) is 2.09.